The summed E-state index contributed by atoms with van der Waals surface area (Å²) < 4.78 is 3.38. The summed E-state index contributed by atoms with van der Waals surface area (Å²) in [5, 5.41) is 3.14. The normalized spacial score (nSPS) is 15.8. The zero-order valence-electron chi connectivity index (χ0n) is 7.81. The van der Waals surface area contributed by atoms with Crippen molar-refractivity contribution in [2.75, 3.05) is 7.05 Å². The van der Waals surface area contributed by atoms with Crippen molar-refractivity contribution >= 4 is 15.9 Å². The van der Waals surface area contributed by atoms with Gasteiger partial charge in [-0.05, 0) is 42.2 Å². The molecule has 1 N–H and O–H groups in total. The van der Waals surface area contributed by atoms with Crippen LogP contribution in [0.15, 0.2) is 4.60 Å². The Morgan fingerprint density at radius 1 is 1.54 bits per heavy atom. The molecule has 0 bridgehead atoms. The molecule has 72 valence electrons. The summed E-state index contributed by atoms with van der Waals surface area (Å²) in [6.45, 7) is 1.99. The smallest absolute Gasteiger partial charge is 0.127 e. The first-order valence-corrected chi connectivity index (χ1v) is 5.50. The molecule has 0 aromatic carbocycles. The number of fused-ring (bicyclic) bond motifs is 1. The molecule has 0 radical (unpaired) electrons. The van der Waals surface area contributed by atoms with Crippen molar-refractivity contribution in [1.29, 1.82) is 0 Å². The summed E-state index contributed by atoms with van der Waals surface area (Å²) in [5.74, 6) is 1.16. The van der Waals surface area contributed by atoms with E-state index in [2.05, 4.69) is 30.8 Å². The maximum atomic E-state index is 4.50. The molecule has 0 atom stereocenters. The van der Waals surface area contributed by atoms with Crippen LogP contribution in [0, 0.1) is 0 Å². The van der Waals surface area contributed by atoms with Crippen molar-refractivity contribution < 1.29 is 0 Å². The monoisotopic (exact) mass is 243 g/mol. The van der Waals surface area contributed by atoms with Crippen LogP contribution in [0.1, 0.15) is 24.4 Å². The molecule has 1 aromatic rings. The van der Waals surface area contributed by atoms with Gasteiger partial charge < -0.3 is 9.88 Å². The number of imidazole rings is 1. The Morgan fingerprint density at radius 3 is 3.15 bits per heavy atom. The molecule has 0 fully saturated rings. The highest BCUT2D eigenvalue weighted by molar-refractivity contribution is 9.10. The Kier molecular flexibility index (Phi) is 2.69. The molecule has 3 nitrogen and oxygen atoms in total. The highest BCUT2D eigenvalue weighted by Gasteiger charge is 2.17. The fourth-order valence-electron chi connectivity index (χ4n) is 1.86. The van der Waals surface area contributed by atoms with E-state index in [0.29, 0.717) is 0 Å². The van der Waals surface area contributed by atoms with Crippen LogP contribution in [-0.4, -0.2) is 16.6 Å². The van der Waals surface area contributed by atoms with Gasteiger partial charge in [-0.25, -0.2) is 4.98 Å². The van der Waals surface area contributed by atoms with Gasteiger partial charge in [0.2, 0.25) is 0 Å². The molecule has 4 heteroatoms. The standard InChI is InChI=1S/C9H14BrN3/c1-11-6-8-12-9(10)7-4-2-3-5-13(7)8/h11H,2-6H2,1H3. The summed E-state index contributed by atoms with van der Waals surface area (Å²) in [5.41, 5.74) is 1.37. The van der Waals surface area contributed by atoms with Crippen LogP contribution in [0.2, 0.25) is 0 Å². The second-order valence-electron chi connectivity index (χ2n) is 3.40. The van der Waals surface area contributed by atoms with Crippen molar-refractivity contribution in [3.63, 3.8) is 0 Å². The van der Waals surface area contributed by atoms with Crippen LogP contribution in [0.5, 0.6) is 0 Å². The van der Waals surface area contributed by atoms with Gasteiger partial charge in [0.25, 0.3) is 0 Å². The van der Waals surface area contributed by atoms with Crippen LogP contribution in [0.4, 0.5) is 0 Å². The molecule has 1 aromatic heterocycles. The first-order chi connectivity index (χ1) is 6.33. The Labute approximate surface area is 86.7 Å². The van der Waals surface area contributed by atoms with E-state index in [1.54, 1.807) is 0 Å². The summed E-state index contributed by atoms with van der Waals surface area (Å²) in [7, 11) is 1.96. The average Bonchev–Trinajstić information content (AvgIpc) is 2.46. The minimum absolute atomic E-state index is 0.860. The number of nitrogens with zero attached hydrogens (tertiary/aromatic N) is 2. The number of halogens is 1. The minimum Gasteiger partial charge on any atom is -0.330 e. The molecular formula is C9H14BrN3. The van der Waals surface area contributed by atoms with E-state index in [4.69, 9.17) is 0 Å². The van der Waals surface area contributed by atoms with Crippen molar-refractivity contribution in [2.24, 2.45) is 0 Å². The summed E-state index contributed by atoms with van der Waals surface area (Å²) in [6.07, 6.45) is 3.74. The summed E-state index contributed by atoms with van der Waals surface area (Å²) in [6, 6.07) is 0. The van der Waals surface area contributed by atoms with Crippen molar-refractivity contribution in [1.82, 2.24) is 14.9 Å². The van der Waals surface area contributed by atoms with E-state index in [9.17, 15) is 0 Å². The van der Waals surface area contributed by atoms with Gasteiger partial charge in [-0.2, -0.15) is 0 Å². The molecule has 1 aliphatic heterocycles. The van der Waals surface area contributed by atoms with E-state index in [1.807, 2.05) is 7.05 Å². The number of rotatable bonds is 2. The third kappa shape index (κ3) is 1.65. The lowest BCUT2D eigenvalue weighted by Crippen LogP contribution is -2.16. The van der Waals surface area contributed by atoms with E-state index < -0.39 is 0 Å². The van der Waals surface area contributed by atoms with Crippen LogP contribution >= 0.6 is 15.9 Å². The molecule has 0 unspecified atom stereocenters. The highest BCUT2D eigenvalue weighted by atomic mass is 79.9. The highest BCUT2D eigenvalue weighted by Crippen LogP contribution is 2.24. The quantitative estimate of drug-likeness (QED) is 0.858. The molecule has 0 saturated carbocycles. The van der Waals surface area contributed by atoms with Crippen LogP contribution in [-0.2, 0) is 19.5 Å². The Morgan fingerprint density at radius 2 is 2.38 bits per heavy atom. The zero-order valence-corrected chi connectivity index (χ0v) is 9.39. The molecule has 0 amide bonds. The molecular weight excluding hydrogens is 230 g/mol. The van der Waals surface area contributed by atoms with Crippen LogP contribution in [0.3, 0.4) is 0 Å². The minimum atomic E-state index is 0.860. The van der Waals surface area contributed by atoms with Gasteiger partial charge in [0.1, 0.15) is 10.4 Å². The van der Waals surface area contributed by atoms with Gasteiger partial charge in [-0.15, -0.1) is 0 Å². The maximum Gasteiger partial charge on any atom is 0.127 e. The average molecular weight is 244 g/mol. The third-order valence-electron chi connectivity index (χ3n) is 2.48. The molecule has 0 spiro atoms. The van der Waals surface area contributed by atoms with E-state index in [-0.39, 0.29) is 0 Å². The fraction of sp³-hybridized carbons (Fsp3) is 0.667. The largest absolute Gasteiger partial charge is 0.330 e. The second kappa shape index (κ2) is 3.80. The van der Waals surface area contributed by atoms with Crippen LogP contribution in [0.25, 0.3) is 0 Å². The van der Waals surface area contributed by atoms with E-state index >= 15 is 0 Å². The van der Waals surface area contributed by atoms with Crippen molar-refractivity contribution in [3.8, 4) is 0 Å². The number of aromatic nitrogens is 2. The van der Waals surface area contributed by atoms with Gasteiger partial charge in [-0.1, -0.05) is 0 Å². The molecule has 2 heterocycles. The van der Waals surface area contributed by atoms with Gasteiger partial charge in [0.05, 0.1) is 12.2 Å². The van der Waals surface area contributed by atoms with Gasteiger partial charge in [0, 0.05) is 6.54 Å². The van der Waals surface area contributed by atoms with Gasteiger partial charge in [0.15, 0.2) is 0 Å². The Hall–Kier alpha value is -0.350. The SMILES string of the molecule is CNCc1nc(Br)c2n1CCCC2. The summed E-state index contributed by atoms with van der Waals surface area (Å²) >= 11 is 3.51. The second-order valence-corrected chi connectivity index (χ2v) is 4.16. The molecule has 13 heavy (non-hydrogen) atoms. The van der Waals surface area contributed by atoms with E-state index in [1.165, 1.54) is 18.5 Å². The topological polar surface area (TPSA) is 29.9 Å². The fourth-order valence-corrected chi connectivity index (χ4v) is 2.48. The molecule has 1 aliphatic rings. The van der Waals surface area contributed by atoms with Gasteiger partial charge in [-0.3, -0.25) is 0 Å². The first kappa shape index (κ1) is 9.21. The number of nitrogens with one attached hydrogen (secondary N) is 1. The summed E-state index contributed by atoms with van der Waals surface area (Å²) in [4.78, 5) is 4.50. The number of hydrogen-bond acceptors (Lipinski definition) is 2. The van der Waals surface area contributed by atoms with Crippen molar-refractivity contribution in [2.45, 2.75) is 32.4 Å². The predicted octanol–water partition coefficient (Wildman–Crippen LogP) is 1.70. The van der Waals surface area contributed by atoms with Crippen LogP contribution < -0.4 is 5.32 Å². The molecule has 2 rings (SSSR count). The van der Waals surface area contributed by atoms with E-state index in [0.717, 1.165) is 29.9 Å². The molecule has 0 aliphatic carbocycles. The lowest BCUT2D eigenvalue weighted by atomic mass is 10.1. The van der Waals surface area contributed by atoms with Crippen molar-refractivity contribution in [3.05, 3.63) is 16.1 Å². The Bertz CT molecular complexity index is 306. The van der Waals surface area contributed by atoms with Gasteiger partial charge >= 0.3 is 0 Å². The zero-order chi connectivity index (χ0) is 9.26. The predicted molar refractivity (Wildman–Crippen MR) is 55.6 cm³/mol. The molecule has 0 saturated heterocycles. The lowest BCUT2D eigenvalue weighted by Gasteiger charge is -2.16. The number of hydrogen-bond donors (Lipinski definition) is 1. The first-order valence-electron chi connectivity index (χ1n) is 4.71. The Balaban J connectivity index is 2.36. The maximum absolute atomic E-state index is 4.50. The third-order valence-corrected chi connectivity index (χ3v) is 3.12. The lowest BCUT2D eigenvalue weighted by molar-refractivity contribution is 0.507.